The van der Waals surface area contributed by atoms with Crippen LogP contribution in [0.3, 0.4) is 0 Å². The summed E-state index contributed by atoms with van der Waals surface area (Å²) in [6.07, 6.45) is 0.611. The minimum absolute atomic E-state index is 0.0858. The van der Waals surface area contributed by atoms with Crippen molar-refractivity contribution < 1.29 is 13.6 Å². The van der Waals surface area contributed by atoms with Crippen LogP contribution in [0.2, 0.25) is 5.02 Å². The maximum atomic E-state index is 13.9. The van der Waals surface area contributed by atoms with Crippen LogP contribution in [0.1, 0.15) is 41.6 Å². The van der Waals surface area contributed by atoms with Gasteiger partial charge in [-0.15, -0.1) is 0 Å². The predicted molar refractivity (Wildman–Crippen MR) is 82.4 cm³/mol. The second kappa shape index (κ2) is 6.92. The number of aryl methyl sites for hydroxylation is 2. The molecule has 1 aromatic heterocycles. The van der Waals surface area contributed by atoms with E-state index in [1.807, 2.05) is 13.8 Å². The Morgan fingerprint density at radius 2 is 2.14 bits per heavy atom. The molecule has 0 bridgehead atoms. The standard InChI is InChI=1S/C16H18ClFN2O2/c1-4-14-19-10(3)15(22-14)16(21)20(5-2)9-11-12(17)7-6-8-13(11)18/h6-8H,4-5,9H2,1-3H3. The first kappa shape index (κ1) is 16.5. The Balaban J connectivity index is 2.28. The van der Waals surface area contributed by atoms with Gasteiger partial charge in [-0.3, -0.25) is 4.79 Å². The van der Waals surface area contributed by atoms with E-state index < -0.39 is 5.82 Å². The summed E-state index contributed by atoms with van der Waals surface area (Å²) < 4.78 is 19.4. The minimum atomic E-state index is -0.428. The Kier molecular flexibility index (Phi) is 5.19. The van der Waals surface area contributed by atoms with E-state index in [1.54, 1.807) is 13.0 Å². The number of rotatable bonds is 5. The van der Waals surface area contributed by atoms with Crippen LogP contribution in [0, 0.1) is 12.7 Å². The third-order valence-electron chi connectivity index (χ3n) is 3.42. The zero-order valence-corrected chi connectivity index (χ0v) is 13.6. The van der Waals surface area contributed by atoms with Gasteiger partial charge in [-0.05, 0) is 26.0 Å². The molecule has 0 fully saturated rings. The van der Waals surface area contributed by atoms with Crippen molar-refractivity contribution in [1.29, 1.82) is 0 Å². The lowest BCUT2D eigenvalue weighted by atomic mass is 10.2. The summed E-state index contributed by atoms with van der Waals surface area (Å²) in [4.78, 5) is 18.3. The third kappa shape index (κ3) is 3.30. The molecule has 0 radical (unpaired) electrons. The van der Waals surface area contributed by atoms with Gasteiger partial charge in [0.15, 0.2) is 5.89 Å². The van der Waals surface area contributed by atoms with E-state index in [-0.39, 0.29) is 18.2 Å². The smallest absolute Gasteiger partial charge is 0.291 e. The molecule has 118 valence electrons. The summed E-state index contributed by atoms with van der Waals surface area (Å²) >= 11 is 6.03. The minimum Gasteiger partial charge on any atom is -0.435 e. The van der Waals surface area contributed by atoms with Crippen LogP contribution in [-0.4, -0.2) is 22.3 Å². The van der Waals surface area contributed by atoms with E-state index in [9.17, 15) is 9.18 Å². The molecule has 2 aromatic rings. The number of halogens is 2. The van der Waals surface area contributed by atoms with Gasteiger partial charge in [0.25, 0.3) is 5.91 Å². The Hall–Kier alpha value is -1.88. The molecule has 0 unspecified atom stereocenters. The van der Waals surface area contributed by atoms with Crippen molar-refractivity contribution in [2.24, 2.45) is 0 Å². The quantitative estimate of drug-likeness (QED) is 0.835. The number of carbonyl (C=O) groups is 1. The van der Waals surface area contributed by atoms with E-state index >= 15 is 0 Å². The third-order valence-corrected chi connectivity index (χ3v) is 3.77. The molecule has 0 atom stereocenters. The van der Waals surface area contributed by atoms with E-state index in [4.69, 9.17) is 16.0 Å². The molecule has 22 heavy (non-hydrogen) atoms. The topological polar surface area (TPSA) is 46.3 Å². The Morgan fingerprint density at radius 3 is 2.68 bits per heavy atom. The maximum absolute atomic E-state index is 13.9. The monoisotopic (exact) mass is 324 g/mol. The molecule has 2 rings (SSSR count). The molecular weight excluding hydrogens is 307 g/mol. The van der Waals surface area contributed by atoms with Crippen LogP contribution in [0.25, 0.3) is 0 Å². The zero-order chi connectivity index (χ0) is 16.3. The lowest BCUT2D eigenvalue weighted by Crippen LogP contribution is -2.31. The normalized spacial score (nSPS) is 10.8. The first-order valence-electron chi connectivity index (χ1n) is 7.16. The van der Waals surface area contributed by atoms with Crippen LogP contribution in [-0.2, 0) is 13.0 Å². The predicted octanol–water partition coefficient (Wildman–Crippen LogP) is 4.00. The van der Waals surface area contributed by atoms with Gasteiger partial charge in [-0.25, -0.2) is 9.37 Å². The maximum Gasteiger partial charge on any atom is 0.291 e. The second-order valence-corrected chi connectivity index (χ2v) is 5.30. The molecule has 0 aliphatic carbocycles. The Bertz CT molecular complexity index is 665. The van der Waals surface area contributed by atoms with Crippen molar-refractivity contribution >= 4 is 17.5 Å². The summed E-state index contributed by atoms with van der Waals surface area (Å²) in [5.41, 5.74) is 0.840. The van der Waals surface area contributed by atoms with Crippen molar-refractivity contribution in [1.82, 2.24) is 9.88 Å². The first-order chi connectivity index (χ1) is 10.5. The summed E-state index contributed by atoms with van der Waals surface area (Å²) in [6.45, 7) is 5.93. The highest BCUT2D eigenvalue weighted by Crippen LogP contribution is 2.22. The fraction of sp³-hybridized carbons (Fsp3) is 0.375. The molecule has 6 heteroatoms. The van der Waals surface area contributed by atoms with E-state index in [0.717, 1.165) is 0 Å². The number of nitrogens with zero attached hydrogens (tertiary/aromatic N) is 2. The summed E-state index contributed by atoms with van der Waals surface area (Å²) in [6, 6.07) is 4.47. The lowest BCUT2D eigenvalue weighted by Gasteiger charge is -2.20. The van der Waals surface area contributed by atoms with Crippen LogP contribution in [0.5, 0.6) is 0 Å². The first-order valence-corrected chi connectivity index (χ1v) is 7.54. The molecule has 1 amide bonds. The second-order valence-electron chi connectivity index (χ2n) is 4.90. The number of oxazole rings is 1. The van der Waals surface area contributed by atoms with Gasteiger partial charge in [-0.2, -0.15) is 0 Å². The van der Waals surface area contributed by atoms with Gasteiger partial charge in [0.05, 0.1) is 12.2 Å². The lowest BCUT2D eigenvalue weighted by molar-refractivity contribution is 0.0716. The highest BCUT2D eigenvalue weighted by atomic mass is 35.5. The van der Waals surface area contributed by atoms with Crippen LogP contribution >= 0.6 is 11.6 Å². The van der Waals surface area contributed by atoms with Crippen molar-refractivity contribution in [3.63, 3.8) is 0 Å². The van der Waals surface area contributed by atoms with Crippen LogP contribution in [0.4, 0.5) is 4.39 Å². The summed E-state index contributed by atoms with van der Waals surface area (Å²) in [5.74, 6) is -0.0270. The SMILES string of the molecule is CCc1nc(C)c(C(=O)N(CC)Cc2c(F)cccc2Cl)o1. The summed E-state index contributed by atoms with van der Waals surface area (Å²) in [5, 5.41) is 0.301. The van der Waals surface area contributed by atoms with Crippen LogP contribution < -0.4 is 0 Å². The fourth-order valence-electron chi connectivity index (χ4n) is 2.15. The van der Waals surface area contributed by atoms with Gasteiger partial charge in [0.1, 0.15) is 5.82 Å². The molecule has 1 heterocycles. The zero-order valence-electron chi connectivity index (χ0n) is 12.8. The molecule has 0 N–H and O–H groups in total. The Morgan fingerprint density at radius 1 is 1.41 bits per heavy atom. The van der Waals surface area contributed by atoms with Gasteiger partial charge < -0.3 is 9.32 Å². The fourth-order valence-corrected chi connectivity index (χ4v) is 2.37. The molecule has 0 saturated carbocycles. The van der Waals surface area contributed by atoms with E-state index in [1.165, 1.54) is 17.0 Å². The average Bonchev–Trinajstić information content (AvgIpc) is 2.87. The molecule has 0 saturated heterocycles. The van der Waals surface area contributed by atoms with Gasteiger partial charge in [0.2, 0.25) is 5.76 Å². The summed E-state index contributed by atoms with van der Waals surface area (Å²) in [7, 11) is 0. The van der Waals surface area contributed by atoms with E-state index in [2.05, 4.69) is 4.98 Å². The number of hydrogen-bond donors (Lipinski definition) is 0. The van der Waals surface area contributed by atoms with Crippen molar-refractivity contribution in [2.75, 3.05) is 6.54 Å². The average molecular weight is 325 g/mol. The molecule has 0 spiro atoms. The largest absolute Gasteiger partial charge is 0.435 e. The van der Waals surface area contributed by atoms with Crippen LogP contribution in [0.15, 0.2) is 22.6 Å². The number of hydrogen-bond acceptors (Lipinski definition) is 3. The highest BCUT2D eigenvalue weighted by molar-refractivity contribution is 6.31. The van der Waals surface area contributed by atoms with Gasteiger partial charge in [-0.1, -0.05) is 24.6 Å². The number of benzene rings is 1. The molecule has 1 aromatic carbocycles. The number of amides is 1. The van der Waals surface area contributed by atoms with Crippen molar-refractivity contribution in [3.8, 4) is 0 Å². The Labute approximate surface area is 133 Å². The van der Waals surface area contributed by atoms with Crippen molar-refractivity contribution in [2.45, 2.75) is 33.7 Å². The van der Waals surface area contributed by atoms with Crippen molar-refractivity contribution in [3.05, 3.63) is 51.9 Å². The molecule has 4 nitrogen and oxygen atoms in total. The number of aromatic nitrogens is 1. The molecular formula is C16H18ClFN2O2. The highest BCUT2D eigenvalue weighted by Gasteiger charge is 2.23. The van der Waals surface area contributed by atoms with E-state index in [0.29, 0.717) is 35.1 Å². The number of carbonyl (C=O) groups excluding carboxylic acids is 1. The molecule has 0 aliphatic rings. The van der Waals surface area contributed by atoms with Gasteiger partial charge >= 0.3 is 0 Å². The molecule has 0 aliphatic heterocycles. The van der Waals surface area contributed by atoms with Gasteiger partial charge in [0, 0.05) is 23.6 Å².